The summed E-state index contributed by atoms with van der Waals surface area (Å²) in [5.41, 5.74) is 2.17. The van der Waals surface area contributed by atoms with Crippen molar-refractivity contribution in [3.05, 3.63) is 129 Å². The molecule has 1 unspecified atom stereocenters. The second kappa shape index (κ2) is 14.3. The zero-order valence-corrected chi connectivity index (χ0v) is 26.6. The molecule has 4 aromatic rings. The minimum atomic E-state index is -4.24. The number of anilines is 1. The molecule has 7 nitrogen and oxygen atoms in total. The molecule has 1 N–H and O–H groups in total. The van der Waals surface area contributed by atoms with Crippen LogP contribution in [0.3, 0.4) is 0 Å². The smallest absolute Gasteiger partial charge is 0.264 e. The Kier molecular flexibility index (Phi) is 10.7. The van der Waals surface area contributed by atoms with Gasteiger partial charge in [0.2, 0.25) is 11.8 Å². The van der Waals surface area contributed by atoms with E-state index in [-0.39, 0.29) is 23.5 Å². The van der Waals surface area contributed by atoms with Crippen LogP contribution in [-0.4, -0.2) is 44.8 Å². The monoisotopic (exact) mass is 657 g/mol. The van der Waals surface area contributed by atoms with Gasteiger partial charge in [-0.15, -0.1) is 0 Å². The third kappa shape index (κ3) is 7.70. The molecule has 0 spiro atoms. The number of benzene rings is 4. The standard InChI is InChI=1S/C32H30Cl3N3O4S/c1-22-16-17-24(19-29(22)35)38(43(41,42)25-12-7-4-8-13-25)21-31(39)37(20-26-27(33)14-9-15-28(26)34)30(32(40)36-2)18-23-10-5-3-6-11-23/h3-17,19,30H,18,20-21H2,1-2H3,(H,36,40). The van der Waals surface area contributed by atoms with Crippen LogP contribution in [-0.2, 0) is 32.6 Å². The molecule has 224 valence electrons. The van der Waals surface area contributed by atoms with Gasteiger partial charge in [-0.2, -0.15) is 0 Å². The summed E-state index contributed by atoms with van der Waals surface area (Å²) in [4.78, 5) is 29.0. The highest BCUT2D eigenvalue weighted by Crippen LogP contribution is 2.30. The maximum absolute atomic E-state index is 14.4. The molecule has 4 rings (SSSR count). The Morgan fingerprint density at radius 2 is 1.42 bits per heavy atom. The highest BCUT2D eigenvalue weighted by atomic mass is 35.5. The van der Waals surface area contributed by atoms with Crippen LogP contribution in [0.4, 0.5) is 5.69 Å². The number of amides is 2. The van der Waals surface area contributed by atoms with Crippen molar-refractivity contribution in [2.75, 3.05) is 17.9 Å². The molecule has 43 heavy (non-hydrogen) atoms. The Morgan fingerprint density at radius 3 is 2.00 bits per heavy atom. The molecule has 0 heterocycles. The quantitative estimate of drug-likeness (QED) is 0.198. The zero-order chi connectivity index (χ0) is 31.1. The normalized spacial score (nSPS) is 11.9. The average molecular weight is 659 g/mol. The second-order valence-corrected chi connectivity index (χ2v) is 12.9. The summed E-state index contributed by atoms with van der Waals surface area (Å²) in [5.74, 6) is -1.08. The van der Waals surface area contributed by atoms with Gasteiger partial charge in [0.25, 0.3) is 10.0 Å². The zero-order valence-electron chi connectivity index (χ0n) is 23.5. The first-order valence-electron chi connectivity index (χ1n) is 13.3. The maximum atomic E-state index is 14.4. The summed E-state index contributed by atoms with van der Waals surface area (Å²) in [5, 5.41) is 3.59. The van der Waals surface area contributed by atoms with Gasteiger partial charge in [0, 0.05) is 40.6 Å². The van der Waals surface area contributed by atoms with Crippen LogP contribution in [0.5, 0.6) is 0 Å². The van der Waals surface area contributed by atoms with Gasteiger partial charge in [-0.1, -0.05) is 95.5 Å². The van der Waals surface area contributed by atoms with Gasteiger partial charge in [-0.3, -0.25) is 13.9 Å². The van der Waals surface area contributed by atoms with E-state index in [1.807, 2.05) is 30.3 Å². The Bertz CT molecular complexity index is 1680. The van der Waals surface area contributed by atoms with Gasteiger partial charge in [0.05, 0.1) is 10.6 Å². The summed E-state index contributed by atoms with van der Waals surface area (Å²) in [6.07, 6.45) is 0.163. The highest BCUT2D eigenvalue weighted by Gasteiger charge is 2.35. The molecule has 0 fully saturated rings. The number of sulfonamides is 1. The van der Waals surface area contributed by atoms with Crippen LogP contribution in [0.15, 0.2) is 102 Å². The first kappa shape index (κ1) is 32.4. The molecule has 1 atom stereocenters. The van der Waals surface area contributed by atoms with E-state index in [0.29, 0.717) is 20.6 Å². The molecule has 11 heteroatoms. The summed E-state index contributed by atoms with van der Waals surface area (Å²) in [7, 11) is -2.76. The van der Waals surface area contributed by atoms with Gasteiger partial charge in [0.15, 0.2) is 0 Å². The predicted molar refractivity (Wildman–Crippen MR) is 172 cm³/mol. The van der Waals surface area contributed by atoms with Crippen LogP contribution in [0.1, 0.15) is 16.7 Å². The lowest BCUT2D eigenvalue weighted by Crippen LogP contribution is -2.53. The third-order valence-corrected chi connectivity index (χ3v) is 9.86. The fourth-order valence-electron chi connectivity index (χ4n) is 4.56. The number of carbonyl (C=O) groups is 2. The lowest BCUT2D eigenvalue weighted by Gasteiger charge is -2.34. The molecule has 0 bridgehead atoms. The molecule has 0 aliphatic rings. The average Bonchev–Trinajstić information content (AvgIpc) is 3.00. The van der Waals surface area contributed by atoms with Crippen molar-refractivity contribution in [2.24, 2.45) is 0 Å². The van der Waals surface area contributed by atoms with Gasteiger partial charge in [-0.25, -0.2) is 8.42 Å². The topological polar surface area (TPSA) is 86.8 Å². The minimum absolute atomic E-state index is 0.00710. The van der Waals surface area contributed by atoms with Crippen molar-refractivity contribution >= 4 is 62.3 Å². The molecule has 0 aliphatic heterocycles. The summed E-state index contributed by atoms with van der Waals surface area (Å²) in [6.45, 7) is 1.02. The summed E-state index contributed by atoms with van der Waals surface area (Å²) >= 11 is 19.4. The molecule has 0 saturated heterocycles. The molecule has 0 aromatic heterocycles. The molecule has 0 aliphatic carbocycles. The number of rotatable bonds is 11. The van der Waals surface area contributed by atoms with E-state index in [9.17, 15) is 18.0 Å². The number of nitrogens with zero attached hydrogens (tertiary/aromatic N) is 2. The van der Waals surface area contributed by atoms with Gasteiger partial charge < -0.3 is 10.2 Å². The van der Waals surface area contributed by atoms with Crippen LogP contribution < -0.4 is 9.62 Å². The predicted octanol–water partition coefficient (Wildman–Crippen LogP) is 6.54. The van der Waals surface area contributed by atoms with Crippen LogP contribution in [0.25, 0.3) is 0 Å². The Hall–Kier alpha value is -3.56. The number of aryl methyl sites for hydroxylation is 1. The van der Waals surface area contributed by atoms with E-state index >= 15 is 0 Å². The van der Waals surface area contributed by atoms with Crippen molar-refractivity contribution < 1.29 is 18.0 Å². The van der Waals surface area contributed by atoms with Crippen LogP contribution >= 0.6 is 34.8 Å². The van der Waals surface area contributed by atoms with E-state index in [2.05, 4.69) is 5.32 Å². The Morgan fingerprint density at radius 1 is 0.814 bits per heavy atom. The van der Waals surface area contributed by atoms with Crippen LogP contribution in [0, 0.1) is 6.92 Å². The number of carbonyl (C=O) groups excluding carboxylic acids is 2. The fourth-order valence-corrected chi connectivity index (χ4v) is 6.68. The van der Waals surface area contributed by atoms with Gasteiger partial charge in [0.1, 0.15) is 12.6 Å². The molecular weight excluding hydrogens is 629 g/mol. The first-order chi connectivity index (χ1) is 20.5. The van der Waals surface area contributed by atoms with Crippen molar-refractivity contribution in [2.45, 2.75) is 30.8 Å². The largest absolute Gasteiger partial charge is 0.357 e. The van der Waals surface area contributed by atoms with E-state index in [4.69, 9.17) is 34.8 Å². The summed E-state index contributed by atoms with van der Waals surface area (Å²) < 4.78 is 29.0. The molecular formula is C32H30Cl3N3O4S. The van der Waals surface area contributed by atoms with E-state index in [0.717, 1.165) is 15.4 Å². The molecule has 0 saturated carbocycles. The maximum Gasteiger partial charge on any atom is 0.264 e. The third-order valence-electron chi connectivity index (χ3n) is 6.96. The Labute approximate surface area is 267 Å². The number of hydrogen-bond donors (Lipinski definition) is 1. The van der Waals surface area contributed by atoms with Gasteiger partial charge in [-0.05, 0) is 54.4 Å². The molecule has 4 aromatic carbocycles. The lowest BCUT2D eigenvalue weighted by atomic mass is 10.0. The van der Waals surface area contributed by atoms with E-state index in [1.165, 1.54) is 30.1 Å². The van der Waals surface area contributed by atoms with Crippen molar-refractivity contribution in [1.29, 1.82) is 0 Å². The van der Waals surface area contributed by atoms with Crippen molar-refractivity contribution in [1.82, 2.24) is 10.2 Å². The van der Waals surface area contributed by atoms with Crippen molar-refractivity contribution in [3.8, 4) is 0 Å². The number of likely N-dealkylation sites (N-methyl/N-ethyl adjacent to an activating group) is 1. The van der Waals surface area contributed by atoms with E-state index in [1.54, 1.807) is 55.5 Å². The number of halogens is 3. The molecule has 0 radical (unpaired) electrons. The van der Waals surface area contributed by atoms with Gasteiger partial charge >= 0.3 is 0 Å². The first-order valence-corrected chi connectivity index (χ1v) is 15.9. The second-order valence-electron chi connectivity index (χ2n) is 9.80. The lowest BCUT2D eigenvalue weighted by molar-refractivity contribution is -0.139. The fraction of sp³-hybridized carbons (Fsp3) is 0.188. The number of hydrogen-bond acceptors (Lipinski definition) is 4. The van der Waals surface area contributed by atoms with Crippen molar-refractivity contribution in [3.63, 3.8) is 0 Å². The molecule has 2 amide bonds. The SMILES string of the molecule is CNC(=O)C(Cc1ccccc1)N(Cc1c(Cl)cccc1Cl)C(=O)CN(c1ccc(C)c(Cl)c1)S(=O)(=O)c1ccccc1. The minimum Gasteiger partial charge on any atom is -0.357 e. The summed E-state index contributed by atoms with van der Waals surface area (Å²) in [6, 6.07) is 25.7. The Balaban J connectivity index is 1.83. The van der Waals surface area contributed by atoms with E-state index < -0.39 is 34.4 Å². The highest BCUT2D eigenvalue weighted by molar-refractivity contribution is 7.92. The van der Waals surface area contributed by atoms with Crippen LogP contribution in [0.2, 0.25) is 15.1 Å². The number of nitrogens with one attached hydrogen (secondary N) is 1.